The van der Waals surface area contributed by atoms with E-state index in [0.717, 1.165) is 5.56 Å². The van der Waals surface area contributed by atoms with Gasteiger partial charge in [0.05, 0.1) is 22.3 Å². The zero-order valence-corrected chi connectivity index (χ0v) is 13.6. The topological polar surface area (TPSA) is 78.4 Å². The van der Waals surface area contributed by atoms with E-state index in [4.69, 9.17) is 28.3 Å². The average Bonchev–Trinajstić information content (AvgIpc) is 2.44. The highest BCUT2D eigenvalue weighted by atomic mass is 35.5. The molecule has 3 N–H and O–H groups in total. The van der Waals surface area contributed by atoms with Gasteiger partial charge in [-0.3, -0.25) is 14.9 Å². The van der Waals surface area contributed by atoms with Crippen molar-refractivity contribution in [2.75, 3.05) is 11.9 Å². The van der Waals surface area contributed by atoms with Crippen molar-refractivity contribution in [2.24, 2.45) is 0 Å². The van der Waals surface area contributed by atoms with E-state index >= 15 is 0 Å². The fourth-order valence-corrected chi connectivity index (χ4v) is 2.05. The van der Waals surface area contributed by atoms with Gasteiger partial charge < -0.3 is 10.4 Å². The molecule has 0 bridgehead atoms. The molecule has 0 aliphatic heterocycles. The molecule has 0 saturated heterocycles. The number of rotatable bonds is 6. The van der Waals surface area contributed by atoms with Gasteiger partial charge in [0.1, 0.15) is 5.54 Å². The van der Waals surface area contributed by atoms with E-state index in [9.17, 15) is 9.59 Å². The number of nitrogens with one attached hydrogen (secondary N) is 2. The lowest BCUT2D eigenvalue weighted by molar-refractivity contribution is -0.144. The van der Waals surface area contributed by atoms with Crippen molar-refractivity contribution in [3.05, 3.63) is 27.7 Å². The molecule has 0 heterocycles. The summed E-state index contributed by atoms with van der Waals surface area (Å²) in [6, 6.07) is 3.39. The van der Waals surface area contributed by atoms with Crippen molar-refractivity contribution in [3.63, 3.8) is 0 Å². The number of aliphatic carboxylic acids is 1. The van der Waals surface area contributed by atoms with Crippen LogP contribution in [0.1, 0.15) is 25.8 Å². The van der Waals surface area contributed by atoms with Crippen molar-refractivity contribution in [3.8, 4) is 0 Å². The van der Waals surface area contributed by atoms with Crippen molar-refractivity contribution < 1.29 is 14.7 Å². The minimum Gasteiger partial charge on any atom is -0.480 e. The molecule has 7 heteroatoms. The molecule has 1 aromatic rings. The van der Waals surface area contributed by atoms with E-state index in [2.05, 4.69) is 10.6 Å². The first-order valence-electron chi connectivity index (χ1n) is 6.44. The summed E-state index contributed by atoms with van der Waals surface area (Å²) in [7, 11) is 0. The van der Waals surface area contributed by atoms with Gasteiger partial charge in [0.25, 0.3) is 0 Å². The summed E-state index contributed by atoms with van der Waals surface area (Å²) < 4.78 is 0. The van der Waals surface area contributed by atoms with E-state index in [1.807, 2.05) is 0 Å². The SMILES string of the molecule is CCC(C)(NCC(=O)Nc1c(Cl)ccc(C)c1Cl)C(=O)O. The fourth-order valence-electron chi connectivity index (χ4n) is 1.58. The van der Waals surface area contributed by atoms with Crippen molar-refractivity contribution in [2.45, 2.75) is 32.7 Å². The summed E-state index contributed by atoms with van der Waals surface area (Å²) >= 11 is 12.1. The second-order valence-electron chi connectivity index (χ2n) is 4.95. The first kappa shape index (κ1) is 17.8. The number of aryl methyl sites for hydroxylation is 1. The van der Waals surface area contributed by atoms with Gasteiger partial charge in [0.2, 0.25) is 5.91 Å². The molecule has 116 valence electrons. The fraction of sp³-hybridized carbons (Fsp3) is 0.429. The van der Waals surface area contributed by atoms with Crippen LogP contribution < -0.4 is 10.6 Å². The van der Waals surface area contributed by atoms with Gasteiger partial charge in [-0.05, 0) is 31.9 Å². The molecule has 0 spiro atoms. The lowest BCUT2D eigenvalue weighted by Crippen LogP contribution is -2.51. The minimum absolute atomic E-state index is 0.156. The molecule has 1 rings (SSSR count). The Hall–Kier alpha value is -1.30. The number of carboxylic acids is 1. The van der Waals surface area contributed by atoms with Crippen molar-refractivity contribution >= 4 is 40.8 Å². The van der Waals surface area contributed by atoms with Gasteiger partial charge in [0.15, 0.2) is 0 Å². The highest BCUT2D eigenvalue weighted by Crippen LogP contribution is 2.32. The van der Waals surface area contributed by atoms with Crippen molar-refractivity contribution in [1.82, 2.24) is 5.32 Å². The lowest BCUT2D eigenvalue weighted by Gasteiger charge is -2.24. The number of amides is 1. The van der Waals surface area contributed by atoms with Crippen LogP contribution in [0.15, 0.2) is 12.1 Å². The van der Waals surface area contributed by atoms with Crippen LogP contribution in [-0.4, -0.2) is 29.1 Å². The van der Waals surface area contributed by atoms with Crippen LogP contribution in [-0.2, 0) is 9.59 Å². The van der Waals surface area contributed by atoms with Crippen LogP contribution in [0.4, 0.5) is 5.69 Å². The van der Waals surface area contributed by atoms with Crippen LogP contribution in [0.5, 0.6) is 0 Å². The summed E-state index contributed by atoms with van der Waals surface area (Å²) in [5.41, 5.74) is -0.0377. The van der Waals surface area contributed by atoms with Gasteiger partial charge in [-0.15, -0.1) is 0 Å². The van der Waals surface area contributed by atoms with Crippen LogP contribution >= 0.6 is 23.2 Å². The molecular weight excluding hydrogens is 315 g/mol. The van der Waals surface area contributed by atoms with Gasteiger partial charge in [-0.25, -0.2) is 0 Å². The van der Waals surface area contributed by atoms with Crippen molar-refractivity contribution in [1.29, 1.82) is 0 Å². The smallest absolute Gasteiger partial charge is 0.323 e. The maximum absolute atomic E-state index is 11.9. The molecule has 0 fully saturated rings. The minimum atomic E-state index is -1.16. The van der Waals surface area contributed by atoms with Crippen LogP contribution in [0.25, 0.3) is 0 Å². The number of halogens is 2. The molecule has 1 amide bonds. The number of benzene rings is 1. The predicted molar refractivity (Wildman–Crippen MR) is 84.2 cm³/mol. The molecule has 1 aromatic carbocycles. The number of hydrogen-bond acceptors (Lipinski definition) is 3. The Bertz CT molecular complexity index is 563. The summed E-state index contributed by atoms with van der Waals surface area (Å²) in [6.07, 6.45) is 0.349. The Morgan fingerprint density at radius 2 is 1.95 bits per heavy atom. The summed E-state index contributed by atoms with van der Waals surface area (Å²) in [5.74, 6) is -1.42. The number of carbonyl (C=O) groups is 2. The maximum atomic E-state index is 11.9. The molecule has 0 aliphatic rings. The molecule has 0 saturated carbocycles. The second-order valence-corrected chi connectivity index (χ2v) is 5.73. The van der Waals surface area contributed by atoms with Gasteiger partial charge in [-0.2, -0.15) is 0 Å². The van der Waals surface area contributed by atoms with E-state index in [1.165, 1.54) is 6.92 Å². The van der Waals surface area contributed by atoms with Crippen LogP contribution in [0, 0.1) is 6.92 Å². The number of anilines is 1. The van der Waals surface area contributed by atoms with E-state index in [-0.39, 0.29) is 6.54 Å². The standard InChI is InChI=1S/C14H18Cl2N2O3/c1-4-14(3,13(20)21)17-7-10(19)18-12-9(15)6-5-8(2)11(12)16/h5-6,17H,4,7H2,1-3H3,(H,18,19)(H,20,21). The quantitative estimate of drug-likeness (QED) is 0.748. The van der Waals surface area contributed by atoms with Gasteiger partial charge in [-0.1, -0.05) is 36.2 Å². The normalized spacial score (nSPS) is 13.6. The van der Waals surface area contributed by atoms with Crippen LogP contribution in [0.2, 0.25) is 10.0 Å². The molecular formula is C14H18Cl2N2O3. The molecule has 5 nitrogen and oxygen atoms in total. The molecule has 21 heavy (non-hydrogen) atoms. The predicted octanol–water partition coefficient (Wildman–Crippen LogP) is 3.08. The van der Waals surface area contributed by atoms with Gasteiger partial charge >= 0.3 is 5.97 Å². The van der Waals surface area contributed by atoms with Crippen LogP contribution in [0.3, 0.4) is 0 Å². The zero-order chi connectivity index (χ0) is 16.2. The molecule has 0 aliphatic carbocycles. The lowest BCUT2D eigenvalue weighted by atomic mass is 9.99. The van der Waals surface area contributed by atoms with Gasteiger partial charge in [0, 0.05) is 0 Å². The summed E-state index contributed by atoms with van der Waals surface area (Å²) in [5, 5.41) is 15.1. The van der Waals surface area contributed by atoms with E-state index in [1.54, 1.807) is 26.0 Å². The Morgan fingerprint density at radius 3 is 2.48 bits per heavy atom. The summed E-state index contributed by atoms with van der Waals surface area (Å²) in [4.78, 5) is 23.1. The third-order valence-electron chi connectivity index (χ3n) is 3.37. The second kappa shape index (κ2) is 7.11. The Balaban J connectivity index is 2.76. The molecule has 1 atom stereocenters. The summed E-state index contributed by atoms with van der Waals surface area (Å²) in [6.45, 7) is 4.89. The molecule has 0 aromatic heterocycles. The first-order chi connectivity index (χ1) is 9.71. The largest absolute Gasteiger partial charge is 0.480 e. The Morgan fingerprint density at radius 1 is 1.33 bits per heavy atom. The van der Waals surface area contributed by atoms with E-state index < -0.39 is 17.4 Å². The first-order valence-corrected chi connectivity index (χ1v) is 7.19. The Labute approximate surface area is 133 Å². The third kappa shape index (κ3) is 4.33. The third-order valence-corrected chi connectivity index (χ3v) is 4.17. The number of carboxylic acid groups (broad SMARTS) is 1. The maximum Gasteiger partial charge on any atom is 0.323 e. The van der Waals surface area contributed by atoms with E-state index in [0.29, 0.717) is 22.2 Å². The highest BCUT2D eigenvalue weighted by Gasteiger charge is 2.30. The monoisotopic (exact) mass is 332 g/mol. The zero-order valence-electron chi connectivity index (χ0n) is 12.1. The molecule has 1 unspecified atom stereocenters. The Kier molecular flexibility index (Phi) is 6.01. The molecule has 0 radical (unpaired) electrons. The number of hydrogen-bond donors (Lipinski definition) is 3. The highest BCUT2D eigenvalue weighted by molar-refractivity contribution is 6.40. The average molecular weight is 333 g/mol. The number of carbonyl (C=O) groups excluding carboxylic acids is 1.